The lowest BCUT2D eigenvalue weighted by Gasteiger charge is -2.10. The molecule has 0 spiro atoms. The molecule has 0 radical (unpaired) electrons. The van der Waals surface area contributed by atoms with Crippen LogP contribution in [0.5, 0.6) is 5.75 Å². The van der Waals surface area contributed by atoms with Gasteiger partial charge in [-0.25, -0.2) is 0 Å². The van der Waals surface area contributed by atoms with Gasteiger partial charge in [0, 0.05) is 29.6 Å². The van der Waals surface area contributed by atoms with E-state index in [4.69, 9.17) is 16.3 Å². The van der Waals surface area contributed by atoms with Crippen LogP contribution in [0, 0.1) is 0 Å². The topological polar surface area (TPSA) is 63.2 Å². The maximum Gasteiger partial charge on any atom is 0.239 e. The number of anilines is 1. The predicted molar refractivity (Wildman–Crippen MR) is 107 cm³/mol. The van der Waals surface area contributed by atoms with Crippen LogP contribution in [0.1, 0.15) is 11.1 Å². The van der Waals surface area contributed by atoms with Gasteiger partial charge in [0.1, 0.15) is 12.4 Å². The predicted octanol–water partition coefficient (Wildman–Crippen LogP) is 4.04. The highest BCUT2D eigenvalue weighted by Crippen LogP contribution is 2.17. The summed E-state index contributed by atoms with van der Waals surface area (Å²) in [6, 6.07) is 18.8. The Balaban J connectivity index is 1.40. The maximum atomic E-state index is 11.9. The zero-order valence-corrected chi connectivity index (χ0v) is 15.4. The number of nitrogens with one attached hydrogen (secondary N) is 2. The van der Waals surface area contributed by atoms with E-state index in [-0.39, 0.29) is 12.5 Å². The van der Waals surface area contributed by atoms with Crippen molar-refractivity contribution in [3.05, 3.63) is 89.2 Å². The van der Waals surface area contributed by atoms with E-state index in [2.05, 4.69) is 15.6 Å². The molecule has 2 aromatic carbocycles. The van der Waals surface area contributed by atoms with E-state index in [1.54, 1.807) is 12.4 Å². The normalized spacial score (nSPS) is 10.3. The number of halogens is 1. The number of nitrogens with zero attached hydrogens (tertiary/aromatic N) is 1. The van der Waals surface area contributed by atoms with Gasteiger partial charge in [0.05, 0.1) is 6.54 Å². The molecule has 138 valence electrons. The van der Waals surface area contributed by atoms with Crippen molar-refractivity contribution in [1.29, 1.82) is 0 Å². The molecular formula is C21H20ClN3O2. The van der Waals surface area contributed by atoms with E-state index in [1.165, 1.54) is 0 Å². The van der Waals surface area contributed by atoms with Crippen molar-refractivity contribution in [2.24, 2.45) is 0 Å². The molecule has 1 amide bonds. The minimum atomic E-state index is -0.0742. The van der Waals surface area contributed by atoms with Crippen molar-refractivity contribution in [3.8, 4) is 5.75 Å². The quantitative estimate of drug-likeness (QED) is 0.618. The first-order chi connectivity index (χ1) is 13.2. The van der Waals surface area contributed by atoms with E-state index in [9.17, 15) is 4.79 Å². The first kappa shape index (κ1) is 18.7. The second-order valence-electron chi connectivity index (χ2n) is 5.93. The van der Waals surface area contributed by atoms with Crippen molar-refractivity contribution in [2.75, 3.05) is 11.9 Å². The Kier molecular flexibility index (Phi) is 6.66. The number of carbonyl (C=O) groups is 1. The molecule has 2 N–H and O–H groups in total. The van der Waals surface area contributed by atoms with Crippen LogP contribution in [0.25, 0.3) is 0 Å². The number of rotatable bonds is 8. The molecule has 0 saturated carbocycles. The average Bonchev–Trinajstić information content (AvgIpc) is 2.72. The molecule has 6 heteroatoms. The molecule has 1 heterocycles. The summed E-state index contributed by atoms with van der Waals surface area (Å²) in [6.45, 7) is 1.16. The Labute approximate surface area is 163 Å². The molecule has 3 aromatic rings. The van der Waals surface area contributed by atoms with Gasteiger partial charge in [-0.1, -0.05) is 23.7 Å². The van der Waals surface area contributed by atoms with Crippen LogP contribution < -0.4 is 15.4 Å². The number of amides is 1. The van der Waals surface area contributed by atoms with Crippen LogP contribution in [-0.4, -0.2) is 17.4 Å². The molecule has 0 bridgehead atoms. The Morgan fingerprint density at radius 1 is 0.926 bits per heavy atom. The molecule has 0 aliphatic heterocycles. The summed E-state index contributed by atoms with van der Waals surface area (Å²) >= 11 is 5.87. The molecule has 0 aliphatic rings. The number of benzene rings is 2. The van der Waals surface area contributed by atoms with Crippen LogP contribution in [0.4, 0.5) is 5.69 Å². The standard InChI is InChI=1S/C21H20ClN3O2/c22-18-3-1-17(2-4-18)15-27-20-7-5-19(6-8-20)24-14-21(26)25-13-16-9-11-23-12-10-16/h1-12,24H,13-15H2,(H,25,26). The molecule has 1 aromatic heterocycles. The third kappa shape index (κ3) is 6.31. The number of pyridine rings is 1. The van der Waals surface area contributed by atoms with Crippen LogP contribution in [-0.2, 0) is 17.9 Å². The van der Waals surface area contributed by atoms with Gasteiger partial charge in [-0.15, -0.1) is 0 Å². The summed E-state index contributed by atoms with van der Waals surface area (Å²) in [4.78, 5) is 15.9. The van der Waals surface area contributed by atoms with Gasteiger partial charge in [0.25, 0.3) is 0 Å². The molecule has 0 unspecified atom stereocenters. The SMILES string of the molecule is O=C(CNc1ccc(OCc2ccc(Cl)cc2)cc1)NCc1ccncc1. The minimum Gasteiger partial charge on any atom is -0.489 e. The third-order valence-corrected chi connectivity index (χ3v) is 4.12. The molecule has 3 rings (SSSR count). The molecule has 0 fully saturated rings. The zero-order valence-electron chi connectivity index (χ0n) is 14.7. The summed E-state index contributed by atoms with van der Waals surface area (Å²) in [5.74, 6) is 0.688. The Morgan fingerprint density at radius 2 is 1.63 bits per heavy atom. The fourth-order valence-corrected chi connectivity index (χ4v) is 2.49. The molecule has 27 heavy (non-hydrogen) atoms. The van der Waals surface area contributed by atoms with E-state index < -0.39 is 0 Å². The lowest BCUT2D eigenvalue weighted by atomic mass is 10.2. The molecule has 0 aliphatic carbocycles. The first-order valence-corrected chi connectivity index (χ1v) is 8.93. The lowest BCUT2D eigenvalue weighted by Crippen LogP contribution is -2.29. The Bertz CT molecular complexity index is 853. The van der Waals surface area contributed by atoms with Crippen LogP contribution >= 0.6 is 11.6 Å². The van der Waals surface area contributed by atoms with Crippen LogP contribution in [0.15, 0.2) is 73.1 Å². The summed E-state index contributed by atoms with van der Waals surface area (Å²) in [7, 11) is 0. The van der Waals surface area contributed by atoms with Gasteiger partial charge in [0.2, 0.25) is 5.91 Å². The van der Waals surface area contributed by atoms with Gasteiger partial charge in [0.15, 0.2) is 0 Å². The summed E-state index contributed by atoms with van der Waals surface area (Å²) < 4.78 is 5.74. The van der Waals surface area contributed by atoms with Crippen molar-refractivity contribution in [1.82, 2.24) is 10.3 Å². The Morgan fingerprint density at radius 3 is 2.33 bits per heavy atom. The molecule has 5 nitrogen and oxygen atoms in total. The van der Waals surface area contributed by atoms with E-state index in [1.807, 2.05) is 60.7 Å². The largest absolute Gasteiger partial charge is 0.489 e. The molecular weight excluding hydrogens is 362 g/mol. The highest BCUT2D eigenvalue weighted by Gasteiger charge is 2.02. The molecule has 0 atom stereocenters. The number of ether oxygens (including phenoxy) is 1. The first-order valence-electron chi connectivity index (χ1n) is 8.56. The summed E-state index contributed by atoms with van der Waals surface area (Å²) in [5.41, 5.74) is 2.92. The van der Waals surface area contributed by atoms with Gasteiger partial charge < -0.3 is 15.4 Å². The van der Waals surface area contributed by atoms with Gasteiger partial charge in [-0.3, -0.25) is 9.78 Å². The Hall–Kier alpha value is -3.05. The third-order valence-electron chi connectivity index (χ3n) is 3.87. The van der Waals surface area contributed by atoms with E-state index >= 15 is 0 Å². The van der Waals surface area contributed by atoms with E-state index in [0.29, 0.717) is 18.2 Å². The average molecular weight is 382 g/mol. The van der Waals surface area contributed by atoms with Crippen LogP contribution in [0.2, 0.25) is 5.02 Å². The van der Waals surface area contributed by atoms with Crippen molar-refractivity contribution in [3.63, 3.8) is 0 Å². The number of hydrogen-bond donors (Lipinski definition) is 2. The van der Waals surface area contributed by atoms with Crippen molar-refractivity contribution >= 4 is 23.2 Å². The highest BCUT2D eigenvalue weighted by molar-refractivity contribution is 6.30. The van der Waals surface area contributed by atoms with Crippen molar-refractivity contribution in [2.45, 2.75) is 13.2 Å². The summed E-state index contributed by atoms with van der Waals surface area (Å²) in [6.07, 6.45) is 3.41. The minimum absolute atomic E-state index is 0.0742. The van der Waals surface area contributed by atoms with Gasteiger partial charge in [-0.2, -0.15) is 0 Å². The fraction of sp³-hybridized carbons (Fsp3) is 0.143. The fourth-order valence-electron chi connectivity index (χ4n) is 2.36. The second kappa shape index (κ2) is 9.59. The van der Waals surface area contributed by atoms with Gasteiger partial charge >= 0.3 is 0 Å². The summed E-state index contributed by atoms with van der Waals surface area (Å²) in [5, 5.41) is 6.66. The zero-order chi connectivity index (χ0) is 18.9. The highest BCUT2D eigenvalue weighted by atomic mass is 35.5. The number of carbonyl (C=O) groups excluding carboxylic acids is 1. The monoisotopic (exact) mass is 381 g/mol. The van der Waals surface area contributed by atoms with Crippen molar-refractivity contribution < 1.29 is 9.53 Å². The lowest BCUT2D eigenvalue weighted by molar-refractivity contribution is -0.119. The maximum absolute atomic E-state index is 11.9. The number of aromatic nitrogens is 1. The molecule has 0 saturated heterocycles. The van der Waals surface area contributed by atoms with Gasteiger partial charge in [-0.05, 0) is 59.7 Å². The number of hydrogen-bond acceptors (Lipinski definition) is 4. The van der Waals surface area contributed by atoms with Crippen LogP contribution in [0.3, 0.4) is 0 Å². The smallest absolute Gasteiger partial charge is 0.239 e. The second-order valence-corrected chi connectivity index (χ2v) is 6.36. The van der Waals surface area contributed by atoms with E-state index in [0.717, 1.165) is 22.6 Å².